The normalized spacial score (nSPS) is 25.4. The SMILES string of the molecule is CC/C=C/C1C(CC)NC(c2ccccc2)c2ccccc2S1(=O)=O. The van der Waals surface area contributed by atoms with Crippen LogP contribution in [0.15, 0.2) is 71.6 Å². The molecule has 0 aliphatic carbocycles. The Balaban J connectivity index is 2.21. The molecule has 2 aromatic carbocycles. The summed E-state index contributed by atoms with van der Waals surface area (Å²) in [6.07, 6.45) is 5.39. The number of rotatable bonds is 4. The lowest BCUT2D eigenvalue weighted by Gasteiger charge is -2.25. The molecule has 0 aromatic heterocycles. The first-order valence-corrected chi connectivity index (χ1v) is 10.4. The monoisotopic (exact) mass is 355 g/mol. The lowest BCUT2D eigenvalue weighted by Crippen LogP contribution is -2.42. The van der Waals surface area contributed by atoms with Crippen LogP contribution in [-0.2, 0) is 9.84 Å². The highest BCUT2D eigenvalue weighted by Gasteiger charge is 2.39. The predicted molar refractivity (Wildman–Crippen MR) is 102 cm³/mol. The number of sulfone groups is 1. The van der Waals surface area contributed by atoms with Crippen LogP contribution in [0.2, 0.25) is 0 Å². The number of benzene rings is 2. The molecule has 25 heavy (non-hydrogen) atoms. The molecule has 0 spiro atoms. The van der Waals surface area contributed by atoms with Gasteiger partial charge in [0.15, 0.2) is 9.84 Å². The van der Waals surface area contributed by atoms with Crippen molar-refractivity contribution < 1.29 is 8.42 Å². The average Bonchev–Trinajstić information content (AvgIpc) is 2.73. The molecule has 4 heteroatoms. The first-order valence-electron chi connectivity index (χ1n) is 8.90. The van der Waals surface area contributed by atoms with Crippen LogP contribution < -0.4 is 5.32 Å². The molecule has 0 saturated heterocycles. The van der Waals surface area contributed by atoms with Crippen LogP contribution in [0, 0.1) is 0 Å². The van der Waals surface area contributed by atoms with E-state index >= 15 is 0 Å². The number of hydrogen-bond acceptors (Lipinski definition) is 3. The summed E-state index contributed by atoms with van der Waals surface area (Å²) in [6.45, 7) is 4.06. The number of hydrogen-bond donors (Lipinski definition) is 1. The van der Waals surface area contributed by atoms with Gasteiger partial charge < -0.3 is 5.32 Å². The van der Waals surface area contributed by atoms with Crippen LogP contribution in [0.5, 0.6) is 0 Å². The van der Waals surface area contributed by atoms with E-state index in [1.807, 2.05) is 62.4 Å². The van der Waals surface area contributed by atoms with Gasteiger partial charge in [0.2, 0.25) is 0 Å². The van der Waals surface area contributed by atoms with E-state index in [0.29, 0.717) is 4.90 Å². The third-order valence-corrected chi connectivity index (χ3v) is 6.99. The maximum absolute atomic E-state index is 13.4. The van der Waals surface area contributed by atoms with Gasteiger partial charge in [0.1, 0.15) is 0 Å². The van der Waals surface area contributed by atoms with Crippen molar-refractivity contribution in [3.05, 3.63) is 77.9 Å². The molecular formula is C21H25NO2S. The third kappa shape index (κ3) is 3.42. The molecule has 3 atom stereocenters. The van der Waals surface area contributed by atoms with Gasteiger partial charge in [-0.2, -0.15) is 0 Å². The van der Waals surface area contributed by atoms with Crippen molar-refractivity contribution >= 4 is 9.84 Å². The lowest BCUT2D eigenvalue weighted by atomic mass is 9.97. The van der Waals surface area contributed by atoms with E-state index in [1.165, 1.54) is 0 Å². The molecule has 1 aliphatic heterocycles. The Kier molecular flexibility index (Phi) is 5.40. The van der Waals surface area contributed by atoms with Crippen LogP contribution in [0.4, 0.5) is 0 Å². The van der Waals surface area contributed by atoms with Crippen molar-refractivity contribution in [3.63, 3.8) is 0 Å². The molecule has 3 rings (SSSR count). The average molecular weight is 356 g/mol. The molecule has 132 valence electrons. The molecule has 3 nitrogen and oxygen atoms in total. The van der Waals surface area contributed by atoms with Gasteiger partial charge in [-0.3, -0.25) is 0 Å². The van der Waals surface area contributed by atoms with Crippen LogP contribution in [0.25, 0.3) is 0 Å². The molecule has 0 saturated carbocycles. The summed E-state index contributed by atoms with van der Waals surface area (Å²) in [5.41, 5.74) is 1.92. The van der Waals surface area contributed by atoms with Crippen LogP contribution >= 0.6 is 0 Å². The Labute approximate surface area is 150 Å². The lowest BCUT2D eigenvalue weighted by molar-refractivity contribution is 0.462. The minimum Gasteiger partial charge on any atom is -0.302 e. The highest BCUT2D eigenvalue weighted by atomic mass is 32.2. The summed E-state index contributed by atoms with van der Waals surface area (Å²) >= 11 is 0. The van der Waals surface area contributed by atoms with Gasteiger partial charge in [0, 0.05) is 6.04 Å². The van der Waals surface area contributed by atoms with Gasteiger partial charge in [0.25, 0.3) is 0 Å². The van der Waals surface area contributed by atoms with Gasteiger partial charge in [-0.15, -0.1) is 0 Å². The zero-order valence-corrected chi connectivity index (χ0v) is 15.5. The molecule has 2 aromatic rings. The van der Waals surface area contributed by atoms with Crippen molar-refractivity contribution in [3.8, 4) is 0 Å². The molecule has 0 fully saturated rings. The number of nitrogens with one attached hydrogen (secondary N) is 1. The van der Waals surface area contributed by atoms with Crippen molar-refractivity contribution in [2.45, 2.75) is 48.9 Å². The fourth-order valence-electron chi connectivity index (χ4n) is 3.52. The van der Waals surface area contributed by atoms with Gasteiger partial charge in [0.05, 0.1) is 16.2 Å². The highest BCUT2D eigenvalue weighted by molar-refractivity contribution is 7.92. The summed E-state index contributed by atoms with van der Waals surface area (Å²) in [5.74, 6) is 0. The molecular weight excluding hydrogens is 330 g/mol. The second-order valence-electron chi connectivity index (χ2n) is 6.41. The maximum Gasteiger partial charge on any atom is 0.186 e. The summed E-state index contributed by atoms with van der Waals surface area (Å²) in [4.78, 5) is 0.443. The zero-order chi connectivity index (χ0) is 17.9. The van der Waals surface area contributed by atoms with E-state index in [-0.39, 0.29) is 12.1 Å². The van der Waals surface area contributed by atoms with E-state index in [0.717, 1.165) is 24.0 Å². The van der Waals surface area contributed by atoms with E-state index in [9.17, 15) is 8.42 Å². The van der Waals surface area contributed by atoms with Gasteiger partial charge in [-0.1, -0.05) is 74.5 Å². The van der Waals surface area contributed by atoms with E-state index in [2.05, 4.69) is 17.4 Å². The second-order valence-corrected chi connectivity index (χ2v) is 8.48. The molecule has 1 heterocycles. The highest BCUT2D eigenvalue weighted by Crippen LogP contribution is 2.35. The van der Waals surface area contributed by atoms with Gasteiger partial charge in [-0.25, -0.2) is 8.42 Å². The fraction of sp³-hybridized carbons (Fsp3) is 0.333. The first kappa shape index (κ1) is 17.9. The molecule has 0 amide bonds. The van der Waals surface area contributed by atoms with Crippen molar-refractivity contribution in [1.82, 2.24) is 5.32 Å². The fourth-order valence-corrected chi connectivity index (χ4v) is 5.62. The summed E-state index contributed by atoms with van der Waals surface area (Å²) in [5, 5.41) is 3.07. The Morgan fingerprint density at radius 1 is 1.00 bits per heavy atom. The molecule has 1 N–H and O–H groups in total. The maximum atomic E-state index is 13.4. The minimum absolute atomic E-state index is 0.128. The predicted octanol–water partition coefficient (Wildman–Crippen LogP) is 4.27. The largest absolute Gasteiger partial charge is 0.302 e. The van der Waals surface area contributed by atoms with Crippen LogP contribution in [0.1, 0.15) is 43.9 Å². The Morgan fingerprint density at radius 3 is 2.36 bits per heavy atom. The first-order chi connectivity index (χ1) is 12.1. The Morgan fingerprint density at radius 2 is 1.68 bits per heavy atom. The topological polar surface area (TPSA) is 46.2 Å². The summed E-state index contributed by atoms with van der Waals surface area (Å²) in [6, 6.07) is 17.2. The second kappa shape index (κ2) is 7.54. The number of fused-ring (bicyclic) bond motifs is 1. The van der Waals surface area contributed by atoms with Crippen LogP contribution in [-0.4, -0.2) is 19.7 Å². The van der Waals surface area contributed by atoms with Gasteiger partial charge in [-0.05, 0) is 30.0 Å². The summed E-state index contributed by atoms with van der Waals surface area (Å²) in [7, 11) is -3.44. The third-order valence-electron chi connectivity index (χ3n) is 4.81. The molecule has 0 bridgehead atoms. The minimum atomic E-state index is -3.44. The van der Waals surface area contributed by atoms with E-state index in [1.54, 1.807) is 6.07 Å². The smallest absolute Gasteiger partial charge is 0.186 e. The van der Waals surface area contributed by atoms with Crippen molar-refractivity contribution in [2.24, 2.45) is 0 Å². The van der Waals surface area contributed by atoms with E-state index in [4.69, 9.17) is 0 Å². The van der Waals surface area contributed by atoms with Gasteiger partial charge >= 0.3 is 0 Å². The summed E-state index contributed by atoms with van der Waals surface area (Å²) < 4.78 is 26.8. The van der Waals surface area contributed by atoms with Crippen LogP contribution in [0.3, 0.4) is 0 Å². The molecule has 0 radical (unpaired) electrons. The van der Waals surface area contributed by atoms with Crippen molar-refractivity contribution in [1.29, 1.82) is 0 Å². The quantitative estimate of drug-likeness (QED) is 0.833. The van der Waals surface area contributed by atoms with Crippen molar-refractivity contribution in [2.75, 3.05) is 0 Å². The Bertz CT molecular complexity index is 843. The molecule has 1 aliphatic rings. The Hall–Kier alpha value is -1.91. The standard InChI is InChI=1S/C21H25NO2S/c1-3-5-14-20-18(4-2)22-21(16-11-7-6-8-12-16)17-13-9-10-15-19(17)25(20,23)24/h5-15,18,20-22H,3-4H2,1-2H3/b14-5+. The molecule has 3 unspecified atom stereocenters. The zero-order valence-electron chi connectivity index (χ0n) is 14.7. The van der Waals surface area contributed by atoms with E-state index < -0.39 is 15.1 Å². The number of allylic oxidation sites excluding steroid dienone is 1.